The Balaban J connectivity index is 0.00000133. The predicted molar refractivity (Wildman–Crippen MR) is 84.8 cm³/mol. The molecule has 1 aromatic rings. The summed E-state index contributed by atoms with van der Waals surface area (Å²) >= 11 is 12.2. The van der Waals surface area contributed by atoms with Gasteiger partial charge in [-0.15, -0.1) is 24.0 Å². The summed E-state index contributed by atoms with van der Waals surface area (Å²) in [6.45, 7) is 0. The highest BCUT2D eigenvalue weighted by Crippen LogP contribution is 2.46. The van der Waals surface area contributed by atoms with Gasteiger partial charge in [-0.2, -0.15) is 0 Å². The van der Waals surface area contributed by atoms with Crippen LogP contribution in [0.15, 0.2) is 24.3 Å². The van der Waals surface area contributed by atoms with Gasteiger partial charge in [0.2, 0.25) is 0 Å². The fraction of sp³-hybridized carbons (Fsp3) is 0.600. The molecule has 0 aromatic heterocycles. The summed E-state index contributed by atoms with van der Waals surface area (Å²) in [7, 11) is 2.26. The van der Waals surface area contributed by atoms with Crippen molar-refractivity contribution in [1.82, 2.24) is 4.90 Å². The van der Waals surface area contributed by atoms with Gasteiger partial charge in [0.15, 0.2) is 0 Å². The molecule has 2 bridgehead atoms. The lowest BCUT2D eigenvalue weighted by molar-refractivity contribution is 0.111. The van der Waals surface area contributed by atoms with Gasteiger partial charge in [-0.1, -0.05) is 23.7 Å². The van der Waals surface area contributed by atoms with E-state index in [0.29, 0.717) is 17.9 Å². The van der Waals surface area contributed by atoms with Crippen LogP contribution < -0.4 is 0 Å². The SMILES string of the molecule is CN1C2CCC1C(CCl)C(c1ccc(Cl)cc1)C2.Cl. The molecule has 106 valence electrons. The van der Waals surface area contributed by atoms with Crippen molar-refractivity contribution >= 4 is 35.6 Å². The Kier molecular flexibility index (Phi) is 5.05. The van der Waals surface area contributed by atoms with Crippen molar-refractivity contribution < 1.29 is 0 Å². The molecule has 2 aliphatic rings. The second-order valence-electron chi connectivity index (χ2n) is 5.68. The Morgan fingerprint density at radius 2 is 1.89 bits per heavy atom. The van der Waals surface area contributed by atoms with E-state index in [9.17, 15) is 0 Å². The lowest BCUT2D eigenvalue weighted by atomic mass is 9.77. The Hall–Kier alpha value is 0.0500. The van der Waals surface area contributed by atoms with E-state index in [1.807, 2.05) is 12.1 Å². The number of halogens is 3. The fourth-order valence-corrected chi connectivity index (χ4v) is 4.43. The molecule has 2 aliphatic heterocycles. The Bertz CT molecular complexity index is 420. The molecule has 0 amide bonds. The summed E-state index contributed by atoms with van der Waals surface area (Å²) < 4.78 is 0. The van der Waals surface area contributed by atoms with Gasteiger partial charge < -0.3 is 4.90 Å². The van der Waals surface area contributed by atoms with Gasteiger partial charge in [-0.05, 0) is 55.8 Å². The molecule has 0 N–H and O–H groups in total. The normalized spacial score (nSPS) is 34.1. The topological polar surface area (TPSA) is 3.24 Å². The fourth-order valence-electron chi connectivity index (χ4n) is 3.88. The van der Waals surface area contributed by atoms with Crippen molar-refractivity contribution in [3.05, 3.63) is 34.9 Å². The van der Waals surface area contributed by atoms with Crippen LogP contribution in [0.4, 0.5) is 0 Å². The summed E-state index contributed by atoms with van der Waals surface area (Å²) in [5.41, 5.74) is 1.41. The largest absolute Gasteiger partial charge is 0.300 e. The first-order chi connectivity index (χ1) is 8.70. The van der Waals surface area contributed by atoms with Crippen molar-refractivity contribution in [1.29, 1.82) is 0 Å². The number of nitrogens with zero attached hydrogens (tertiary/aromatic N) is 1. The molecule has 2 fully saturated rings. The molecule has 0 radical (unpaired) electrons. The van der Waals surface area contributed by atoms with Crippen molar-refractivity contribution in [3.63, 3.8) is 0 Å². The zero-order chi connectivity index (χ0) is 12.7. The molecular formula is C15H20Cl3N. The molecule has 1 nitrogen and oxygen atoms in total. The van der Waals surface area contributed by atoms with E-state index < -0.39 is 0 Å². The highest BCUT2D eigenvalue weighted by Gasteiger charge is 2.45. The van der Waals surface area contributed by atoms with Gasteiger partial charge in [0.25, 0.3) is 0 Å². The standard InChI is InChI=1S/C15H19Cl2N.ClH/c1-18-12-6-7-15(18)14(9-16)13(8-12)10-2-4-11(17)5-3-10;/h2-5,12-15H,6-9H2,1H3;1H. The minimum Gasteiger partial charge on any atom is -0.300 e. The quantitative estimate of drug-likeness (QED) is 0.722. The van der Waals surface area contributed by atoms with Crippen molar-refractivity contribution in [2.24, 2.45) is 5.92 Å². The van der Waals surface area contributed by atoms with Crippen LogP contribution in [0.3, 0.4) is 0 Å². The van der Waals surface area contributed by atoms with E-state index >= 15 is 0 Å². The molecule has 0 aliphatic carbocycles. The molecule has 2 heterocycles. The highest BCUT2D eigenvalue weighted by atomic mass is 35.5. The van der Waals surface area contributed by atoms with Crippen LogP contribution in [0.2, 0.25) is 5.02 Å². The molecule has 1 aromatic carbocycles. The highest BCUT2D eigenvalue weighted by molar-refractivity contribution is 6.30. The molecule has 19 heavy (non-hydrogen) atoms. The summed E-state index contributed by atoms with van der Waals surface area (Å²) in [5.74, 6) is 1.94. The first kappa shape index (κ1) is 15.4. The summed E-state index contributed by atoms with van der Waals surface area (Å²) in [5, 5.41) is 0.817. The summed E-state index contributed by atoms with van der Waals surface area (Å²) in [6.07, 6.45) is 3.88. The number of hydrogen-bond acceptors (Lipinski definition) is 1. The maximum Gasteiger partial charge on any atom is 0.0406 e. The van der Waals surface area contributed by atoms with Crippen molar-refractivity contribution in [2.45, 2.75) is 37.3 Å². The lowest BCUT2D eigenvalue weighted by Crippen LogP contribution is -2.46. The number of piperidine rings is 1. The maximum absolute atomic E-state index is 6.26. The smallest absolute Gasteiger partial charge is 0.0406 e. The third-order valence-corrected chi connectivity index (χ3v) is 5.52. The van der Waals surface area contributed by atoms with E-state index in [1.54, 1.807) is 0 Å². The van der Waals surface area contributed by atoms with Crippen molar-refractivity contribution in [2.75, 3.05) is 12.9 Å². The Morgan fingerprint density at radius 1 is 1.21 bits per heavy atom. The van der Waals surface area contributed by atoms with Gasteiger partial charge in [0, 0.05) is 23.0 Å². The predicted octanol–water partition coefficient (Wildman–Crippen LogP) is 4.57. The third kappa shape index (κ3) is 2.76. The first-order valence-electron chi connectivity index (χ1n) is 6.74. The first-order valence-corrected chi connectivity index (χ1v) is 7.65. The molecule has 2 saturated heterocycles. The second kappa shape index (κ2) is 6.22. The van der Waals surface area contributed by atoms with E-state index in [-0.39, 0.29) is 12.4 Å². The molecule has 4 unspecified atom stereocenters. The lowest BCUT2D eigenvalue weighted by Gasteiger charge is -2.42. The average Bonchev–Trinajstić information content (AvgIpc) is 2.63. The molecule has 3 rings (SSSR count). The minimum absolute atomic E-state index is 0. The van der Waals surface area contributed by atoms with E-state index in [2.05, 4.69) is 24.1 Å². The van der Waals surface area contributed by atoms with Crippen LogP contribution in [0.1, 0.15) is 30.7 Å². The van der Waals surface area contributed by atoms with E-state index in [4.69, 9.17) is 23.2 Å². The zero-order valence-electron chi connectivity index (χ0n) is 11.1. The van der Waals surface area contributed by atoms with Gasteiger partial charge in [-0.25, -0.2) is 0 Å². The molecule has 4 atom stereocenters. The summed E-state index contributed by atoms with van der Waals surface area (Å²) in [4.78, 5) is 2.56. The Morgan fingerprint density at radius 3 is 2.53 bits per heavy atom. The molecule has 0 saturated carbocycles. The van der Waals surface area contributed by atoms with Crippen molar-refractivity contribution in [3.8, 4) is 0 Å². The number of fused-ring (bicyclic) bond motifs is 2. The van der Waals surface area contributed by atoms with Gasteiger partial charge in [0.05, 0.1) is 0 Å². The van der Waals surface area contributed by atoms with Gasteiger partial charge in [0.1, 0.15) is 0 Å². The second-order valence-corrected chi connectivity index (χ2v) is 6.42. The molecular weight excluding hydrogens is 301 g/mol. The third-order valence-electron chi connectivity index (χ3n) is 4.91. The zero-order valence-corrected chi connectivity index (χ0v) is 13.4. The maximum atomic E-state index is 6.26. The number of benzene rings is 1. The van der Waals surface area contributed by atoms with Crippen LogP contribution in [0, 0.1) is 5.92 Å². The van der Waals surface area contributed by atoms with Crippen LogP contribution in [-0.2, 0) is 0 Å². The van der Waals surface area contributed by atoms with Crippen LogP contribution in [-0.4, -0.2) is 29.9 Å². The minimum atomic E-state index is 0. The van der Waals surface area contributed by atoms with E-state index in [0.717, 1.165) is 16.9 Å². The van der Waals surface area contributed by atoms with Crippen LogP contribution in [0.5, 0.6) is 0 Å². The number of hydrogen-bond donors (Lipinski definition) is 0. The van der Waals surface area contributed by atoms with E-state index in [1.165, 1.54) is 24.8 Å². The number of alkyl halides is 1. The molecule has 0 spiro atoms. The molecule has 4 heteroatoms. The van der Waals surface area contributed by atoms with Gasteiger partial charge in [-0.3, -0.25) is 0 Å². The van der Waals surface area contributed by atoms with Gasteiger partial charge >= 0.3 is 0 Å². The van der Waals surface area contributed by atoms with Crippen LogP contribution >= 0.6 is 35.6 Å². The summed E-state index contributed by atoms with van der Waals surface area (Å²) in [6, 6.07) is 9.77. The Labute approximate surface area is 131 Å². The average molecular weight is 321 g/mol. The number of rotatable bonds is 2. The monoisotopic (exact) mass is 319 g/mol. The van der Waals surface area contributed by atoms with Crippen LogP contribution in [0.25, 0.3) is 0 Å².